The van der Waals surface area contributed by atoms with Crippen LogP contribution < -0.4 is 4.90 Å². The lowest BCUT2D eigenvalue weighted by Crippen LogP contribution is -2.12. The number of aryl methyl sites for hydroxylation is 4. The smallest absolute Gasteiger partial charge is 0.0464 e. The zero-order valence-electron chi connectivity index (χ0n) is 15.1. The van der Waals surface area contributed by atoms with Gasteiger partial charge in [-0.2, -0.15) is 0 Å². The fourth-order valence-electron chi connectivity index (χ4n) is 3.69. The lowest BCUT2D eigenvalue weighted by molar-refractivity contribution is 0.685. The SMILES string of the molecule is Cc1ccc(N(c2ccc(C)cc2)c2ccc3c(c2)CCCC3)cc1. The van der Waals surface area contributed by atoms with Crippen molar-refractivity contribution in [3.05, 3.63) is 89.0 Å². The number of benzene rings is 3. The summed E-state index contributed by atoms with van der Waals surface area (Å²) in [5.74, 6) is 0. The Labute approximate surface area is 150 Å². The normalized spacial score (nSPS) is 13.4. The van der Waals surface area contributed by atoms with E-state index in [0.717, 1.165) is 0 Å². The van der Waals surface area contributed by atoms with Gasteiger partial charge in [-0.15, -0.1) is 0 Å². The lowest BCUT2D eigenvalue weighted by Gasteiger charge is -2.27. The molecule has 3 aromatic rings. The Hall–Kier alpha value is -2.54. The minimum atomic E-state index is 1.21. The monoisotopic (exact) mass is 327 g/mol. The second-order valence-electron chi connectivity index (χ2n) is 7.17. The van der Waals surface area contributed by atoms with Crippen LogP contribution in [0.1, 0.15) is 35.1 Å². The van der Waals surface area contributed by atoms with E-state index in [9.17, 15) is 0 Å². The first-order valence-corrected chi connectivity index (χ1v) is 9.26. The van der Waals surface area contributed by atoms with Crippen LogP contribution in [0.25, 0.3) is 0 Å². The Morgan fingerprint density at radius 3 is 1.60 bits per heavy atom. The Morgan fingerprint density at radius 2 is 1.04 bits per heavy atom. The molecule has 0 N–H and O–H groups in total. The Kier molecular flexibility index (Phi) is 4.31. The molecular weight excluding hydrogens is 302 g/mol. The van der Waals surface area contributed by atoms with Crippen molar-refractivity contribution in [2.75, 3.05) is 4.90 Å². The summed E-state index contributed by atoms with van der Waals surface area (Å²) >= 11 is 0. The minimum Gasteiger partial charge on any atom is -0.310 e. The van der Waals surface area contributed by atoms with E-state index in [1.165, 1.54) is 65.0 Å². The minimum absolute atomic E-state index is 1.21. The number of hydrogen-bond donors (Lipinski definition) is 0. The molecule has 0 fully saturated rings. The molecule has 0 bridgehead atoms. The first kappa shape index (κ1) is 16.0. The van der Waals surface area contributed by atoms with Gasteiger partial charge in [0.1, 0.15) is 0 Å². The second-order valence-corrected chi connectivity index (χ2v) is 7.17. The molecule has 1 aliphatic carbocycles. The van der Waals surface area contributed by atoms with Gasteiger partial charge < -0.3 is 4.90 Å². The summed E-state index contributed by atoms with van der Waals surface area (Å²) in [6.07, 6.45) is 5.07. The highest BCUT2D eigenvalue weighted by Gasteiger charge is 2.15. The van der Waals surface area contributed by atoms with Crippen LogP contribution in [0.2, 0.25) is 0 Å². The molecule has 1 heteroatoms. The van der Waals surface area contributed by atoms with Crippen LogP contribution in [-0.2, 0) is 12.8 Å². The van der Waals surface area contributed by atoms with Crippen molar-refractivity contribution in [3.63, 3.8) is 0 Å². The van der Waals surface area contributed by atoms with Crippen LogP contribution in [0.15, 0.2) is 66.7 Å². The average Bonchev–Trinajstić information content (AvgIpc) is 2.65. The van der Waals surface area contributed by atoms with Gasteiger partial charge in [0.2, 0.25) is 0 Å². The van der Waals surface area contributed by atoms with Crippen molar-refractivity contribution in [1.82, 2.24) is 0 Å². The third-order valence-corrected chi connectivity index (χ3v) is 5.17. The summed E-state index contributed by atoms with van der Waals surface area (Å²) in [5.41, 5.74) is 9.32. The summed E-state index contributed by atoms with van der Waals surface area (Å²) in [5, 5.41) is 0. The number of fused-ring (bicyclic) bond motifs is 1. The van der Waals surface area contributed by atoms with Crippen molar-refractivity contribution in [3.8, 4) is 0 Å². The number of rotatable bonds is 3. The summed E-state index contributed by atoms with van der Waals surface area (Å²) in [7, 11) is 0. The molecule has 3 aromatic carbocycles. The van der Waals surface area contributed by atoms with Crippen molar-refractivity contribution in [1.29, 1.82) is 0 Å². The quantitative estimate of drug-likeness (QED) is 0.520. The van der Waals surface area contributed by atoms with Gasteiger partial charge in [-0.3, -0.25) is 0 Å². The third-order valence-electron chi connectivity index (χ3n) is 5.17. The van der Waals surface area contributed by atoms with Crippen LogP contribution in [-0.4, -0.2) is 0 Å². The third kappa shape index (κ3) is 3.32. The first-order chi connectivity index (χ1) is 12.2. The average molecular weight is 327 g/mol. The van der Waals surface area contributed by atoms with E-state index in [1.807, 2.05) is 0 Å². The molecule has 0 spiro atoms. The molecule has 25 heavy (non-hydrogen) atoms. The maximum absolute atomic E-state index is 2.40. The second kappa shape index (κ2) is 6.76. The van der Waals surface area contributed by atoms with E-state index in [2.05, 4.69) is 85.5 Å². The van der Waals surface area contributed by atoms with Crippen LogP contribution in [0.4, 0.5) is 17.1 Å². The highest BCUT2D eigenvalue weighted by Crippen LogP contribution is 2.36. The van der Waals surface area contributed by atoms with E-state index in [-0.39, 0.29) is 0 Å². The van der Waals surface area contributed by atoms with Crippen LogP contribution in [0, 0.1) is 13.8 Å². The highest BCUT2D eigenvalue weighted by atomic mass is 15.1. The van der Waals surface area contributed by atoms with Gasteiger partial charge >= 0.3 is 0 Å². The maximum atomic E-state index is 2.40. The number of anilines is 3. The molecule has 0 aromatic heterocycles. The van der Waals surface area contributed by atoms with Crippen molar-refractivity contribution in [2.24, 2.45) is 0 Å². The summed E-state index contributed by atoms with van der Waals surface area (Å²) in [6, 6.07) is 24.6. The van der Waals surface area contributed by atoms with E-state index in [1.54, 1.807) is 0 Å². The standard InChI is InChI=1S/C24H25N/c1-18-7-12-22(13-8-18)25(23-14-9-19(2)10-15-23)24-16-11-20-5-3-4-6-21(20)17-24/h7-17H,3-6H2,1-2H3. The summed E-state index contributed by atoms with van der Waals surface area (Å²) < 4.78 is 0. The molecule has 0 aliphatic heterocycles. The zero-order chi connectivity index (χ0) is 17.2. The van der Waals surface area contributed by atoms with Gasteiger partial charge in [0.05, 0.1) is 0 Å². The molecule has 126 valence electrons. The van der Waals surface area contributed by atoms with Crippen molar-refractivity contribution >= 4 is 17.1 Å². The van der Waals surface area contributed by atoms with Gasteiger partial charge in [-0.1, -0.05) is 41.5 Å². The molecular formula is C24H25N. The fourth-order valence-corrected chi connectivity index (χ4v) is 3.69. The fraction of sp³-hybridized carbons (Fsp3) is 0.250. The molecule has 0 atom stereocenters. The van der Waals surface area contributed by atoms with Crippen LogP contribution >= 0.6 is 0 Å². The Bertz CT molecular complexity index is 814. The van der Waals surface area contributed by atoms with Gasteiger partial charge in [-0.25, -0.2) is 0 Å². The number of nitrogens with zero attached hydrogens (tertiary/aromatic N) is 1. The molecule has 1 aliphatic rings. The zero-order valence-corrected chi connectivity index (χ0v) is 15.1. The molecule has 0 heterocycles. The molecule has 0 saturated heterocycles. The summed E-state index contributed by atoms with van der Waals surface area (Å²) in [4.78, 5) is 2.37. The van der Waals surface area contributed by atoms with Gasteiger partial charge in [0.25, 0.3) is 0 Å². The van der Waals surface area contributed by atoms with Crippen LogP contribution in [0.3, 0.4) is 0 Å². The van der Waals surface area contributed by atoms with Gasteiger partial charge in [-0.05, 0) is 87.1 Å². The van der Waals surface area contributed by atoms with E-state index in [0.29, 0.717) is 0 Å². The first-order valence-electron chi connectivity index (χ1n) is 9.26. The molecule has 4 rings (SSSR count). The van der Waals surface area contributed by atoms with E-state index >= 15 is 0 Å². The molecule has 0 unspecified atom stereocenters. The maximum Gasteiger partial charge on any atom is 0.0464 e. The predicted octanol–water partition coefficient (Wildman–Crippen LogP) is 6.65. The molecule has 0 radical (unpaired) electrons. The Balaban J connectivity index is 1.82. The Morgan fingerprint density at radius 1 is 0.560 bits per heavy atom. The molecule has 0 amide bonds. The lowest BCUT2D eigenvalue weighted by atomic mass is 9.91. The largest absolute Gasteiger partial charge is 0.310 e. The number of hydrogen-bond acceptors (Lipinski definition) is 1. The van der Waals surface area contributed by atoms with E-state index < -0.39 is 0 Å². The predicted molar refractivity (Wildman–Crippen MR) is 107 cm³/mol. The van der Waals surface area contributed by atoms with Crippen molar-refractivity contribution in [2.45, 2.75) is 39.5 Å². The summed E-state index contributed by atoms with van der Waals surface area (Å²) in [6.45, 7) is 4.28. The van der Waals surface area contributed by atoms with Crippen LogP contribution in [0.5, 0.6) is 0 Å². The van der Waals surface area contributed by atoms with Gasteiger partial charge in [0, 0.05) is 17.1 Å². The van der Waals surface area contributed by atoms with Gasteiger partial charge in [0.15, 0.2) is 0 Å². The molecule has 1 nitrogen and oxygen atoms in total. The molecule has 0 saturated carbocycles. The highest BCUT2D eigenvalue weighted by molar-refractivity contribution is 5.77. The topological polar surface area (TPSA) is 3.24 Å². The van der Waals surface area contributed by atoms with E-state index in [4.69, 9.17) is 0 Å². The van der Waals surface area contributed by atoms with Crippen molar-refractivity contribution < 1.29 is 0 Å².